The van der Waals surface area contributed by atoms with E-state index in [1.165, 1.54) is 85.7 Å². The maximum atomic E-state index is 12.9. The van der Waals surface area contributed by atoms with Gasteiger partial charge in [-0.15, -0.1) is 11.8 Å². The van der Waals surface area contributed by atoms with Crippen molar-refractivity contribution in [1.82, 2.24) is 14.9 Å². The lowest BCUT2D eigenvalue weighted by Crippen LogP contribution is -2.40. The number of H-pyrrole nitrogens is 1. The van der Waals surface area contributed by atoms with Gasteiger partial charge >= 0.3 is 0 Å². The normalized spacial score (nSPS) is 16.7. The van der Waals surface area contributed by atoms with E-state index in [0.29, 0.717) is 6.42 Å². The second-order valence-corrected chi connectivity index (χ2v) is 13.5. The summed E-state index contributed by atoms with van der Waals surface area (Å²) >= 11 is 6.86. The van der Waals surface area contributed by atoms with Crippen LogP contribution in [0.25, 0.3) is 0 Å². The number of nitrogens with one attached hydrogen (secondary N) is 1. The van der Waals surface area contributed by atoms with Gasteiger partial charge < -0.3 is 0 Å². The van der Waals surface area contributed by atoms with Crippen molar-refractivity contribution in [3.05, 3.63) is 46.5 Å². The molecular weight excluding hydrogens is 553 g/mol. The first kappa shape index (κ1) is 31.8. The number of thioether (sulfide) groups is 1. The highest BCUT2D eigenvalue weighted by molar-refractivity contribution is 8.00. The molecule has 218 valence electrons. The van der Waals surface area contributed by atoms with Crippen LogP contribution in [0.3, 0.4) is 0 Å². The van der Waals surface area contributed by atoms with Crippen LogP contribution in [-0.4, -0.2) is 39.5 Å². The topological polar surface area (TPSA) is 108 Å². The number of carbonyl (C=O) groups excluding carboxylic acids is 1. The van der Waals surface area contributed by atoms with Gasteiger partial charge in [0, 0.05) is 0 Å². The van der Waals surface area contributed by atoms with E-state index in [1.807, 2.05) is 30.3 Å². The molecule has 2 unspecified atom stereocenters. The zero-order valence-electron chi connectivity index (χ0n) is 23.1. The number of hydrogen-bond acceptors (Lipinski definition) is 6. The summed E-state index contributed by atoms with van der Waals surface area (Å²) in [6.07, 6.45) is 17.0. The Labute approximate surface area is 243 Å². The Bertz CT molecular complexity index is 1170. The standard InChI is InChI=1S/C28H44N4O4S3/c1-2-3-4-5-6-7-8-9-10-11-12-13-14-18-21-24(39(34,35)36)26-29-30-28(37)32(26)31-25(33)22-38-27(31)23-19-16-15-17-20-23/h15-17,19-20,24,27H,2-14,18,21-22H2,1H3,(H,30,37)(H,34,35,36). The first-order chi connectivity index (χ1) is 18.8. The molecule has 11 heteroatoms. The van der Waals surface area contributed by atoms with Crippen LogP contribution in [0, 0.1) is 4.77 Å². The Kier molecular flexibility index (Phi) is 13.5. The lowest BCUT2D eigenvalue weighted by atomic mass is 10.0. The molecule has 1 aromatic carbocycles. The fraction of sp³-hybridized carbons (Fsp3) is 0.679. The fourth-order valence-electron chi connectivity index (χ4n) is 5.15. The third kappa shape index (κ3) is 9.72. The fourth-order valence-corrected chi connectivity index (χ4v) is 7.39. The van der Waals surface area contributed by atoms with Gasteiger partial charge in [-0.05, 0) is 24.2 Å². The number of aromatic amines is 1. The van der Waals surface area contributed by atoms with Crippen molar-refractivity contribution in [1.29, 1.82) is 0 Å². The lowest BCUT2D eigenvalue weighted by Gasteiger charge is -2.27. The van der Waals surface area contributed by atoms with Gasteiger partial charge in [0.05, 0.1) is 5.75 Å². The van der Waals surface area contributed by atoms with E-state index in [4.69, 9.17) is 12.2 Å². The maximum absolute atomic E-state index is 12.9. The molecule has 1 aromatic heterocycles. The number of hydrogen-bond donors (Lipinski definition) is 2. The van der Waals surface area contributed by atoms with Gasteiger partial charge in [0.15, 0.2) is 5.82 Å². The minimum atomic E-state index is -4.47. The van der Waals surface area contributed by atoms with Gasteiger partial charge in [0.25, 0.3) is 16.0 Å². The van der Waals surface area contributed by atoms with Gasteiger partial charge in [-0.25, -0.2) is 9.69 Å². The summed E-state index contributed by atoms with van der Waals surface area (Å²) in [7, 11) is -4.47. The Morgan fingerprint density at radius 1 is 0.974 bits per heavy atom. The molecule has 1 aliphatic rings. The van der Waals surface area contributed by atoms with Crippen molar-refractivity contribution in [2.45, 2.75) is 114 Å². The molecule has 2 atom stereocenters. The zero-order valence-corrected chi connectivity index (χ0v) is 25.5. The van der Waals surface area contributed by atoms with Gasteiger partial charge in [-0.3, -0.25) is 14.4 Å². The molecule has 0 spiro atoms. The molecular formula is C28H44N4O4S3. The van der Waals surface area contributed by atoms with E-state index < -0.39 is 15.4 Å². The predicted molar refractivity (Wildman–Crippen MR) is 161 cm³/mol. The molecule has 1 aliphatic heterocycles. The van der Waals surface area contributed by atoms with Gasteiger partial charge in [0.2, 0.25) is 4.77 Å². The Balaban J connectivity index is 1.50. The van der Waals surface area contributed by atoms with Crippen LogP contribution < -0.4 is 5.01 Å². The molecule has 0 aliphatic carbocycles. The van der Waals surface area contributed by atoms with Crippen LogP contribution >= 0.6 is 24.0 Å². The van der Waals surface area contributed by atoms with Gasteiger partial charge in [-0.1, -0.05) is 127 Å². The van der Waals surface area contributed by atoms with Crippen LogP contribution in [0.1, 0.15) is 125 Å². The highest BCUT2D eigenvalue weighted by Crippen LogP contribution is 2.39. The third-order valence-corrected chi connectivity index (χ3v) is 9.92. The molecule has 2 N–H and O–H groups in total. The molecule has 8 nitrogen and oxygen atoms in total. The van der Waals surface area contributed by atoms with Crippen LogP contribution in [0.2, 0.25) is 0 Å². The van der Waals surface area contributed by atoms with Crippen molar-refractivity contribution >= 4 is 40.0 Å². The van der Waals surface area contributed by atoms with Crippen molar-refractivity contribution in [3.63, 3.8) is 0 Å². The lowest BCUT2D eigenvalue weighted by molar-refractivity contribution is -0.117. The minimum absolute atomic E-state index is 0.0500. The van der Waals surface area contributed by atoms with E-state index >= 15 is 0 Å². The third-order valence-electron chi connectivity index (χ3n) is 7.29. The Morgan fingerprint density at radius 3 is 2.05 bits per heavy atom. The number of amides is 1. The SMILES string of the molecule is CCCCCCCCCCCCCCCCC(c1n[nH]c(=S)n1N1C(=O)CSC1c1ccccc1)S(=O)(=O)O. The second-order valence-electron chi connectivity index (χ2n) is 10.4. The summed E-state index contributed by atoms with van der Waals surface area (Å²) in [5.74, 6) is 0.0914. The summed E-state index contributed by atoms with van der Waals surface area (Å²) in [5.41, 5.74) is 0.901. The number of carbonyl (C=O) groups is 1. The molecule has 2 aromatic rings. The molecule has 39 heavy (non-hydrogen) atoms. The van der Waals surface area contributed by atoms with E-state index in [0.717, 1.165) is 24.8 Å². The highest BCUT2D eigenvalue weighted by atomic mass is 32.2. The molecule has 0 saturated carbocycles. The maximum Gasteiger partial charge on any atom is 0.275 e. The molecule has 2 heterocycles. The molecule has 3 rings (SSSR count). The largest absolute Gasteiger partial charge is 0.285 e. The second kappa shape index (κ2) is 16.5. The molecule has 1 fully saturated rings. The molecule has 0 bridgehead atoms. The molecule has 0 radical (unpaired) electrons. The van der Waals surface area contributed by atoms with Gasteiger partial charge in [-0.2, -0.15) is 13.5 Å². The van der Waals surface area contributed by atoms with E-state index in [1.54, 1.807) is 0 Å². The summed E-state index contributed by atoms with van der Waals surface area (Å²) in [6.45, 7) is 2.25. The summed E-state index contributed by atoms with van der Waals surface area (Å²) in [5, 5.41) is 6.65. The summed E-state index contributed by atoms with van der Waals surface area (Å²) in [6, 6.07) is 9.52. The average molecular weight is 597 g/mol. The Morgan fingerprint density at radius 2 is 1.51 bits per heavy atom. The van der Waals surface area contributed by atoms with E-state index in [2.05, 4.69) is 17.1 Å². The quantitative estimate of drug-likeness (QED) is 0.0974. The molecule has 1 amide bonds. The predicted octanol–water partition coefficient (Wildman–Crippen LogP) is 7.65. The smallest absolute Gasteiger partial charge is 0.275 e. The average Bonchev–Trinajstić information content (AvgIpc) is 3.47. The first-order valence-corrected chi connectivity index (χ1v) is 17.4. The minimum Gasteiger partial charge on any atom is -0.285 e. The number of benzene rings is 1. The highest BCUT2D eigenvalue weighted by Gasteiger charge is 2.39. The monoisotopic (exact) mass is 596 g/mol. The number of unbranched alkanes of at least 4 members (excludes halogenated alkanes) is 13. The number of nitrogens with zero attached hydrogens (tertiary/aromatic N) is 3. The summed E-state index contributed by atoms with van der Waals surface area (Å²) < 4.78 is 36.5. The number of rotatable bonds is 19. The first-order valence-electron chi connectivity index (χ1n) is 14.5. The van der Waals surface area contributed by atoms with Crippen molar-refractivity contribution < 1.29 is 17.8 Å². The van der Waals surface area contributed by atoms with Crippen molar-refractivity contribution in [3.8, 4) is 0 Å². The van der Waals surface area contributed by atoms with Crippen molar-refractivity contribution in [2.24, 2.45) is 0 Å². The van der Waals surface area contributed by atoms with E-state index in [-0.39, 0.29) is 34.1 Å². The van der Waals surface area contributed by atoms with Gasteiger partial charge in [0.1, 0.15) is 10.6 Å². The van der Waals surface area contributed by atoms with Crippen LogP contribution in [0.15, 0.2) is 30.3 Å². The number of aromatic nitrogens is 3. The van der Waals surface area contributed by atoms with Crippen molar-refractivity contribution in [2.75, 3.05) is 10.8 Å². The van der Waals surface area contributed by atoms with E-state index in [9.17, 15) is 17.8 Å². The van der Waals surface area contributed by atoms with Crippen LogP contribution in [-0.2, 0) is 14.9 Å². The van der Waals surface area contributed by atoms with Crippen LogP contribution in [0.5, 0.6) is 0 Å². The molecule has 1 saturated heterocycles. The summed E-state index contributed by atoms with van der Waals surface area (Å²) in [4.78, 5) is 12.9. The zero-order chi connectivity index (χ0) is 28.1. The Hall–Kier alpha value is -1.69. The van der Waals surface area contributed by atoms with Crippen LogP contribution in [0.4, 0.5) is 0 Å².